The van der Waals surface area contributed by atoms with E-state index in [9.17, 15) is 4.79 Å². The highest BCUT2D eigenvalue weighted by Crippen LogP contribution is 2.10. The van der Waals surface area contributed by atoms with Gasteiger partial charge in [0.2, 0.25) is 5.91 Å². The Labute approximate surface area is 115 Å². The van der Waals surface area contributed by atoms with Crippen LogP contribution in [-0.4, -0.2) is 16.9 Å². The summed E-state index contributed by atoms with van der Waals surface area (Å²) in [6, 6.07) is 4.11. The molecule has 0 spiro atoms. The maximum Gasteiger partial charge on any atom is 0.223 e. The predicted octanol–water partition coefficient (Wildman–Crippen LogP) is 2.16. The molecule has 0 saturated carbocycles. The van der Waals surface area contributed by atoms with Gasteiger partial charge in [0, 0.05) is 18.2 Å². The van der Waals surface area contributed by atoms with Gasteiger partial charge in [-0.2, -0.15) is 0 Å². The number of amides is 1. The van der Waals surface area contributed by atoms with Crippen LogP contribution in [0.5, 0.6) is 0 Å². The van der Waals surface area contributed by atoms with Gasteiger partial charge in [-0.25, -0.2) is 0 Å². The molecule has 4 heteroatoms. The number of hydrogen-bond acceptors (Lipinski definition) is 3. The van der Waals surface area contributed by atoms with Crippen molar-refractivity contribution in [3.63, 3.8) is 0 Å². The van der Waals surface area contributed by atoms with Crippen molar-refractivity contribution in [2.45, 2.75) is 52.6 Å². The predicted molar refractivity (Wildman–Crippen MR) is 77.5 cm³/mol. The molecule has 3 N–H and O–H groups in total. The minimum Gasteiger partial charge on any atom is -0.350 e. The van der Waals surface area contributed by atoms with Crippen LogP contribution in [0.4, 0.5) is 0 Å². The van der Waals surface area contributed by atoms with Crippen LogP contribution in [0.1, 0.15) is 44.4 Å². The third kappa shape index (κ3) is 5.83. The molecule has 19 heavy (non-hydrogen) atoms. The molecule has 106 valence electrons. The molecule has 4 nitrogen and oxygen atoms in total. The first-order valence-corrected chi connectivity index (χ1v) is 6.94. The monoisotopic (exact) mass is 263 g/mol. The van der Waals surface area contributed by atoms with Crippen LogP contribution in [0, 0.1) is 12.8 Å². The molecule has 0 bridgehead atoms. The highest BCUT2D eigenvalue weighted by atomic mass is 16.1. The van der Waals surface area contributed by atoms with E-state index in [0.29, 0.717) is 6.54 Å². The minimum atomic E-state index is 0.0303. The van der Waals surface area contributed by atoms with Gasteiger partial charge in [-0.05, 0) is 38.3 Å². The molecule has 0 aliphatic rings. The minimum absolute atomic E-state index is 0.0303. The third-order valence-corrected chi connectivity index (χ3v) is 3.29. The molecular weight excluding hydrogens is 238 g/mol. The van der Waals surface area contributed by atoms with E-state index in [4.69, 9.17) is 5.73 Å². The van der Waals surface area contributed by atoms with E-state index in [1.807, 2.05) is 32.9 Å². The summed E-state index contributed by atoms with van der Waals surface area (Å²) in [6.07, 6.45) is 4.60. The molecule has 0 fully saturated rings. The van der Waals surface area contributed by atoms with Crippen molar-refractivity contribution < 1.29 is 4.79 Å². The second-order valence-corrected chi connectivity index (χ2v) is 5.29. The number of hydrogen-bond donors (Lipinski definition) is 2. The van der Waals surface area contributed by atoms with Crippen LogP contribution in [0.15, 0.2) is 18.3 Å². The van der Waals surface area contributed by atoms with Gasteiger partial charge in [-0.1, -0.05) is 19.4 Å². The summed E-state index contributed by atoms with van der Waals surface area (Å²) in [5.74, 6) is 0.123. The van der Waals surface area contributed by atoms with E-state index in [0.717, 1.165) is 30.5 Å². The third-order valence-electron chi connectivity index (χ3n) is 3.29. The summed E-state index contributed by atoms with van der Waals surface area (Å²) in [7, 11) is 0. The fourth-order valence-corrected chi connectivity index (χ4v) is 1.93. The number of nitrogens with zero attached hydrogens (tertiary/aromatic N) is 1. The van der Waals surface area contributed by atoms with E-state index in [1.165, 1.54) is 0 Å². The van der Waals surface area contributed by atoms with Crippen LogP contribution < -0.4 is 11.1 Å². The van der Waals surface area contributed by atoms with Gasteiger partial charge >= 0.3 is 0 Å². The summed E-state index contributed by atoms with van der Waals surface area (Å²) in [6.45, 7) is 6.46. The van der Waals surface area contributed by atoms with E-state index in [1.54, 1.807) is 6.20 Å². The molecule has 0 aliphatic heterocycles. The molecule has 2 unspecified atom stereocenters. The van der Waals surface area contributed by atoms with Crippen LogP contribution in [0.25, 0.3) is 0 Å². The standard InChI is InChI=1S/C15H25N3O/c1-11-7-5-9-17-14(11)10-18-15(19)12(2)6-4-8-13(3)16/h5,7,9,12-13H,4,6,8,10,16H2,1-3H3,(H,18,19). The maximum atomic E-state index is 11.9. The Bertz CT molecular complexity index is 404. The van der Waals surface area contributed by atoms with Gasteiger partial charge in [-0.15, -0.1) is 0 Å². The molecular formula is C15H25N3O. The molecule has 0 aromatic carbocycles. The Kier molecular flexibility index (Phi) is 6.50. The number of rotatable bonds is 7. The second-order valence-electron chi connectivity index (χ2n) is 5.29. The van der Waals surface area contributed by atoms with Crippen LogP contribution in [-0.2, 0) is 11.3 Å². The Morgan fingerprint density at radius 1 is 1.42 bits per heavy atom. The first-order valence-electron chi connectivity index (χ1n) is 6.94. The van der Waals surface area contributed by atoms with Gasteiger partial charge in [0.25, 0.3) is 0 Å². The lowest BCUT2D eigenvalue weighted by Gasteiger charge is -2.13. The highest BCUT2D eigenvalue weighted by molar-refractivity contribution is 5.78. The molecule has 1 aromatic heterocycles. The Hall–Kier alpha value is -1.42. The van der Waals surface area contributed by atoms with Crippen molar-refractivity contribution in [1.29, 1.82) is 0 Å². The number of aryl methyl sites for hydroxylation is 1. The SMILES string of the molecule is Cc1cccnc1CNC(=O)C(C)CCCC(C)N. The summed E-state index contributed by atoms with van der Waals surface area (Å²) in [5, 5.41) is 2.94. The van der Waals surface area contributed by atoms with E-state index >= 15 is 0 Å². The Morgan fingerprint density at radius 2 is 2.16 bits per heavy atom. The number of carbonyl (C=O) groups excluding carboxylic acids is 1. The Morgan fingerprint density at radius 3 is 2.79 bits per heavy atom. The first-order chi connectivity index (χ1) is 9.00. The summed E-state index contributed by atoms with van der Waals surface area (Å²) in [4.78, 5) is 16.2. The number of pyridine rings is 1. The van der Waals surface area contributed by atoms with Crippen molar-refractivity contribution in [2.75, 3.05) is 0 Å². The van der Waals surface area contributed by atoms with Gasteiger partial charge in [-0.3, -0.25) is 9.78 Å². The van der Waals surface area contributed by atoms with Gasteiger partial charge in [0.15, 0.2) is 0 Å². The van der Waals surface area contributed by atoms with Crippen molar-refractivity contribution >= 4 is 5.91 Å². The molecule has 0 saturated heterocycles. The van der Waals surface area contributed by atoms with E-state index in [2.05, 4.69) is 10.3 Å². The zero-order valence-corrected chi connectivity index (χ0v) is 12.1. The normalized spacial score (nSPS) is 13.9. The lowest BCUT2D eigenvalue weighted by atomic mass is 10.0. The molecule has 1 amide bonds. The van der Waals surface area contributed by atoms with Crippen molar-refractivity contribution in [3.05, 3.63) is 29.6 Å². The molecule has 2 atom stereocenters. The number of carbonyl (C=O) groups is 1. The molecule has 0 radical (unpaired) electrons. The largest absolute Gasteiger partial charge is 0.350 e. The Balaban J connectivity index is 2.32. The average Bonchev–Trinajstić information content (AvgIpc) is 2.36. The first kappa shape index (κ1) is 15.6. The zero-order valence-electron chi connectivity index (χ0n) is 12.1. The van der Waals surface area contributed by atoms with E-state index < -0.39 is 0 Å². The van der Waals surface area contributed by atoms with Crippen molar-refractivity contribution in [2.24, 2.45) is 11.7 Å². The molecule has 0 aliphatic carbocycles. The zero-order chi connectivity index (χ0) is 14.3. The van der Waals surface area contributed by atoms with Crippen LogP contribution >= 0.6 is 0 Å². The van der Waals surface area contributed by atoms with Gasteiger partial charge < -0.3 is 11.1 Å². The van der Waals surface area contributed by atoms with Crippen molar-refractivity contribution in [1.82, 2.24) is 10.3 Å². The summed E-state index contributed by atoms with van der Waals surface area (Å²) < 4.78 is 0. The fraction of sp³-hybridized carbons (Fsp3) is 0.600. The topological polar surface area (TPSA) is 68.0 Å². The fourth-order valence-electron chi connectivity index (χ4n) is 1.93. The smallest absolute Gasteiger partial charge is 0.223 e. The van der Waals surface area contributed by atoms with Gasteiger partial charge in [0.05, 0.1) is 12.2 Å². The number of aromatic nitrogens is 1. The highest BCUT2D eigenvalue weighted by Gasteiger charge is 2.13. The second kappa shape index (κ2) is 7.89. The maximum absolute atomic E-state index is 11.9. The number of nitrogens with two attached hydrogens (primary N) is 1. The number of nitrogens with one attached hydrogen (secondary N) is 1. The quantitative estimate of drug-likeness (QED) is 0.792. The summed E-state index contributed by atoms with van der Waals surface area (Å²) >= 11 is 0. The lowest BCUT2D eigenvalue weighted by molar-refractivity contribution is -0.124. The molecule has 1 rings (SSSR count). The van der Waals surface area contributed by atoms with Crippen LogP contribution in [0.3, 0.4) is 0 Å². The average molecular weight is 263 g/mol. The summed E-state index contributed by atoms with van der Waals surface area (Å²) in [5.41, 5.74) is 7.73. The molecule has 1 heterocycles. The lowest BCUT2D eigenvalue weighted by Crippen LogP contribution is -2.29. The van der Waals surface area contributed by atoms with Crippen molar-refractivity contribution in [3.8, 4) is 0 Å². The van der Waals surface area contributed by atoms with Crippen LogP contribution in [0.2, 0.25) is 0 Å². The van der Waals surface area contributed by atoms with Gasteiger partial charge in [0.1, 0.15) is 0 Å². The van der Waals surface area contributed by atoms with E-state index in [-0.39, 0.29) is 17.9 Å². The molecule has 1 aromatic rings.